The van der Waals surface area contributed by atoms with Gasteiger partial charge in [0.05, 0.1) is 0 Å². The molecule has 0 unspecified atom stereocenters. The van der Waals surface area contributed by atoms with E-state index in [9.17, 15) is 4.79 Å². The summed E-state index contributed by atoms with van der Waals surface area (Å²) >= 11 is 1.69. The Hall–Kier alpha value is -1.68. The molecule has 2 aromatic rings. The van der Waals surface area contributed by atoms with Gasteiger partial charge in [-0.3, -0.25) is 4.79 Å². The summed E-state index contributed by atoms with van der Waals surface area (Å²) in [7, 11) is 0. The van der Waals surface area contributed by atoms with Crippen molar-refractivity contribution in [2.24, 2.45) is 0 Å². The van der Waals surface area contributed by atoms with Crippen LogP contribution in [0.15, 0.2) is 35.2 Å². The van der Waals surface area contributed by atoms with Crippen molar-refractivity contribution in [2.45, 2.75) is 11.8 Å². The fourth-order valence-electron chi connectivity index (χ4n) is 1.52. The molecule has 0 saturated carbocycles. The Kier molecular flexibility index (Phi) is 3.54. The number of carbonyl (C=O) groups is 1. The number of rotatable bonds is 3. The van der Waals surface area contributed by atoms with E-state index < -0.39 is 0 Å². The number of carbonyl (C=O) groups excluding carboxylic acids is 1. The van der Waals surface area contributed by atoms with Gasteiger partial charge in [-0.05, 0) is 31.4 Å². The van der Waals surface area contributed by atoms with Crippen LogP contribution in [0.25, 0.3) is 11.4 Å². The normalized spacial score (nSPS) is 10.2. The highest BCUT2D eigenvalue weighted by atomic mass is 32.2. The van der Waals surface area contributed by atoms with Gasteiger partial charge in [-0.1, -0.05) is 12.1 Å². The summed E-state index contributed by atoms with van der Waals surface area (Å²) in [4.78, 5) is 20.5. The van der Waals surface area contributed by atoms with E-state index in [0.717, 1.165) is 17.5 Å². The first kappa shape index (κ1) is 11.8. The second kappa shape index (κ2) is 5.10. The first-order valence-electron chi connectivity index (χ1n) is 5.18. The molecule has 1 aromatic heterocycles. The molecule has 2 rings (SSSR count). The van der Waals surface area contributed by atoms with Crippen LogP contribution in [0.2, 0.25) is 0 Å². The van der Waals surface area contributed by atoms with Crippen molar-refractivity contribution in [3.8, 4) is 11.4 Å². The van der Waals surface area contributed by atoms with Gasteiger partial charge in [0.2, 0.25) is 0 Å². The highest BCUT2D eigenvalue weighted by molar-refractivity contribution is 7.98. The molecule has 0 saturated heterocycles. The third-order valence-corrected chi connectivity index (χ3v) is 3.09. The number of hydrogen-bond donors (Lipinski definition) is 0. The van der Waals surface area contributed by atoms with Gasteiger partial charge in [-0.2, -0.15) is 0 Å². The molecule has 0 aliphatic heterocycles. The van der Waals surface area contributed by atoms with E-state index >= 15 is 0 Å². The number of thioether (sulfide) groups is 1. The lowest BCUT2D eigenvalue weighted by atomic mass is 10.2. The summed E-state index contributed by atoms with van der Waals surface area (Å²) in [5.74, 6) is 0.597. The molecule has 4 heteroatoms. The molecule has 0 bridgehead atoms. The maximum atomic E-state index is 10.7. The van der Waals surface area contributed by atoms with Crippen LogP contribution in [0.3, 0.4) is 0 Å². The summed E-state index contributed by atoms with van der Waals surface area (Å²) in [5.41, 5.74) is 2.14. The standard InChI is InChI=1S/C13H12N2OS/c1-9-7-11(8-16)15-13(14-9)10-3-5-12(17-2)6-4-10/h3-8H,1-2H3. The number of aryl methyl sites for hydroxylation is 1. The zero-order valence-corrected chi connectivity index (χ0v) is 10.5. The van der Waals surface area contributed by atoms with Gasteiger partial charge in [0.25, 0.3) is 0 Å². The predicted molar refractivity (Wildman–Crippen MR) is 69.4 cm³/mol. The molecule has 0 aliphatic carbocycles. The molecule has 0 spiro atoms. The summed E-state index contributed by atoms with van der Waals surface area (Å²) < 4.78 is 0. The van der Waals surface area contributed by atoms with Crippen molar-refractivity contribution >= 4 is 18.0 Å². The predicted octanol–water partition coefficient (Wildman–Crippen LogP) is 2.99. The van der Waals surface area contributed by atoms with Crippen molar-refractivity contribution < 1.29 is 4.79 Å². The summed E-state index contributed by atoms with van der Waals surface area (Å²) in [5, 5.41) is 0. The highest BCUT2D eigenvalue weighted by Crippen LogP contribution is 2.20. The van der Waals surface area contributed by atoms with E-state index in [2.05, 4.69) is 9.97 Å². The molecule has 0 fully saturated rings. The molecule has 0 radical (unpaired) electrons. The van der Waals surface area contributed by atoms with Crippen LogP contribution in [0.5, 0.6) is 0 Å². The monoisotopic (exact) mass is 244 g/mol. The molecule has 0 aliphatic rings. The van der Waals surface area contributed by atoms with Crippen molar-refractivity contribution in [3.05, 3.63) is 41.7 Å². The van der Waals surface area contributed by atoms with Crippen molar-refractivity contribution in [2.75, 3.05) is 6.26 Å². The smallest absolute Gasteiger partial charge is 0.168 e. The summed E-state index contributed by atoms with van der Waals surface area (Å²) in [6.45, 7) is 1.86. The quantitative estimate of drug-likeness (QED) is 0.615. The Labute approximate surface area is 104 Å². The molecular weight excluding hydrogens is 232 g/mol. The van der Waals surface area contributed by atoms with E-state index in [0.29, 0.717) is 11.5 Å². The number of benzene rings is 1. The Bertz CT molecular complexity index is 538. The van der Waals surface area contributed by atoms with Gasteiger partial charge in [-0.15, -0.1) is 11.8 Å². The lowest BCUT2D eigenvalue weighted by Crippen LogP contribution is -1.96. The van der Waals surface area contributed by atoms with Crippen molar-refractivity contribution in [1.29, 1.82) is 0 Å². The topological polar surface area (TPSA) is 42.9 Å². The maximum Gasteiger partial charge on any atom is 0.168 e. The van der Waals surface area contributed by atoms with Gasteiger partial charge in [0, 0.05) is 16.2 Å². The minimum Gasteiger partial charge on any atom is -0.296 e. The van der Waals surface area contributed by atoms with E-state index in [1.807, 2.05) is 37.4 Å². The first-order valence-corrected chi connectivity index (χ1v) is 6.40. The fraction of sp³-hybridized carbons (Fsp3) is 0.154. The van der Waals surface area contributed by atoms with Gasteiger partial charge in [0.1, 0.15) is 5.69 Å². The average Bonchev–Trinajstić information content (AvgIpc) is 2.38. The molecule has 17 heavy (non-hydrogen) atoms. The van der Waals surface area contributed by atoms with Crippen LogP contribution in [0, 0.1) is 6.92 Å². The largest absolute Gasteiger partial charge is 0.296 e. The van der Waals surface area contributed by atoms with Crippen molar-refractivity contribution in [1.82, 2.24) is 9.97 Å². The maximum absolute atomic E-state index is 10.7. The molecule has 1 heterocycles. The van der Waals surface area contributed by atoms with E-state index in [-0.39, 0.29) is 0 Å². The van der Waals surface area contributed by atoms with Gasteiger partial charge < -0.3 is 0 Å². The van der Waals surface area contributed by atoms with Crippen LogP contribution in [-0.2, 0) is 0 Å². The lowest BCUT2D eigenvalue weighted by molar-refractivity contribution is 0.111. The van der Waals surface area contributed by atoms with Crippen LogP contribution < -0.4 is 0 Å². The molecule has 0 atom stereocenters. The summed E-state index contributed by atoms with van der Waals surface area (Å²) in [6, 6.07) is 9.65. The molecular formula is C13H12N2OS. The van der Waals surface area contributed by atoms with Crippen LogP contribution in [-0.4, -0.2) is 22.5 Å². The second-order valence-electron chi connectivity index (χ2n) is 3.60. The summed E-state index contributed by atoms with van der Waals surface area (Å²) in [6.07, 6.45) is 2.77. The number of aldehydes is 1. The minimum atomic E-state index is 0.418. The van der Waals surface area contributed by atoms with E-state index in [1.165, 1.54) is 4.90 Å². The number of nitrogens with zero attached hydrogens (tertiary/aromatic N) is 2. The Balaban J connectivity index is 2.44. The molecule has 1 aromatic carbocycles. The van der Waals surface area contributed by atoms with Crippen LogP contribution in [0.1, 0.15) is 16.2 Å². The zero-order chi connectivity index (χ0) is 12.3. The SMILES string of the molecule is CSc1ccc(-c2nc(C)cc(C=O)n2)cc1. The number of hydrogen-bond acceptors (Lipinski definition) is 4. The molecule has 86 valence electrons. The Morgan fingerprint density at radius 3 is 2.47 bits per heavy atom. The van der Waals surface area contributed by atoms with E-state index in [4.69, 9.17) is 0 Å². The van der Waals surface area contributed by atoms with Gasteiger partial charge in [-0.25, -0.2) is 9.97 Å². The highest BCUT2D eigenvalue weighted by Gasteiger charge is 2.04. The third-order valence-electron chi connectivity index (χ3n) is 2.34. The van der Waals surface area contributed by atoms with Crippen LogP contribution in [0.4, 0.5) is 0 Å². The minimum absolute atomic E-state index is 0.418. The Morgan fingerprint density at radius 1 is 1.18 bits per heavy atom. The van der Waals surface area contributed by atoms with Crippen molar-refractivity contribution in [3.63, 3.8) is 0 Å². The molecule has 3 nitrogen and oxygen atoms in total. The van der Waals surface area contributed by atoms with E-state index in [1.54, 1.807) is 17.8 Å². The second-order valence-corrected chi connectivity index (χ2v) is 4.48. The first-order chi connectivity index (χ1) is 8.22. The van der Waals surface area contributed by atoms with Crippen LogP contribution >= 0.6 is 11.8 Å². The molecule has 0 amide bonds. The zero-order valence-electron chi connectivity index (χ0n) is 9.68. The van der Waals surface area contributed by atoms with Gasteiger partial charge in [0.15, 0.2) is 12.1 Å². The van der Waals surface area contributed by atoms with Gasteiger partial charge >= 0.3 is 0 Å². The molecule has 0 N–H and O–H groups in total. The number of aromatic nitrogens is 2. The fourth-order valence-corrected chi connectivity index (χ4v) is 1.93. The Morgan fingerprint density at radius 2 is 1.88 bits per heavy atom. The third kappa shape index (κ3) is 2.71. The average molecular weight is 244 g/mol. The lowest BCUT2D eigenvalue weighted by Gasteiger charge is -2.03.